The Morgan fingerprint density at radius 1 is 0.935 bits per heavy atom. The highest BCUT2D eigenvalue weighted by Crippen LogP contribution is 2.49. The summed E-state index contributed by atoms with van der Waals surface area (Å²) in [7, 11) is 0. The smallest absolute Gasteiger partial charge is 0.167 e. The van der Waals surface area contributed by atoms with Crippen molar-refractivity contribution < 1.29 is 15.0 Å². The molecule has 0 bridgehead atoms. The Bertz CT molecular complexity index is 926. The summed E-state index contributed by atoms with van der Waals surface area (Å²) < 4.78 is 0. The maximum Gasteiger partial charge on any atom is 0.167 e. The minimum atomic E-state index is 0.0399. The van der Waals surface area contributed by atoms with Crippen molar-refractivity contribution in [2.75, 3.05) is 0 Å². The van der Waals surface area contributed by atoms with Crippen LogP contribution in [-0.2, 0) is 0 Å². The van der Waals surface area contributed by atoms with Crippen LogP contribution in [0.5, 0.6) is 11.5 Å². The summed E-state index contributed by atoms with van der Waals surface area (Å²) in [5, 5.41) is 20.9. The zero-order valence-electron chi connectivity index (χ0n) is 19.2. The number of phenolic OH excluding ortho intramolecular Hbond substituents is 2. The molecule has 31 heavy (non-hydrogen) atoms. The van der Waals surface area contributed by atoms with Gasteiger partial charge < -0.3 is 10.2 Å². The molecule has 166 valence electrons. The predicted molar refractivity (Wildman–Crippen MR) is 125 cm³/mol. The van der Waals surface area contributed by atoms with Gasteiger partial charge in [-0.25, -0.2) is 0 Å². The minimum absolute atomic E-state index is 0.0399. The number of hydrogen-bond donors (Lipinski definition) is 2. The van der Waals surface area contributed by atoms with Crippen LogP contribution in [0.25, 0.3) is 0 Å². The molecule has 3 saturated carbocycles. The van der Waals surface area contributed by atoms with Crippen LogP contribution in [0.2, 0.25) is 0 Å². The van der Waals surface area contributed by atoms with E-state index in [2.05, 4.69) is 12.1 Å². The Balaban J connectivity index is 0.00000112. The molecule has 0 aromatic heterocycles. The first-order valence-corrected chi connectivity index (χ1v) is 12.2. The topological polar surface area (TPSA) is 57.5 Å². The third-order valence-electron chi connectivity index (χ3n) is 7.29. The van der Waals surface area contributed by atoms with E-state index >= 15 is 0 Å². The number of aromatic hydroxyl groups is 2. The van der Waals surface area contributed by atoms with Crippen LogP contribution in [-0.4, -0.2) is 16.0 Å². The van der Waals surface area contributed by atoms with Gasteiger partial charge in [-0.2, -0.15) is 0 Å². The lowest BCUT2D eigenvalue weighted by atomic mass is 9.78. The first kappa shape index (κ1) is 21.9. The van der Waals surface area contributed by atoms with Crippen LogP contribution in [0.15, 0.2) is 30.3 Å². The molecule has 3 nitrogen and oxygen atoms in total. The number of carbonyl (C=O) groups is 1. The summed E-state index contributed by atoms with van der Waals surface area (Å²) in [6.45, 7) is 5.95. The van der Waals surface area contributed by atoms with Gasteiger partial charge in [-0.1, -0.05) is 38.5 Å². The molecule has 0 saturated heterocycles. The molecule has 2 aromatic carbocycles. The SMILES string of the molecule is CC.Cc1cc(C2CCC2)cc(O)c1C(=O)CC(c1ccc(O)c(C2CC2)c1)C1CC1. The largest absolute Gasteiger partial charge is 0.508 e. The van der Waals surface area contributed by atoms with Crippen LogP contribution >= 0.6 is 0 Å². The van der Waals surface area contributed by atoms with Gasteiger partial charge >= 0.3 is 0 Å². The van der Waals surface area contributed by atoms with E-state index in [1.54, 1.807) is 6.07 Å². The van der Waals surface area contributed by atoms with Crippen LogP contribution in [0.1, 0.15) is 116 Å². The van der Waals surface area contributed by atoms with Crippen LogP contribution in [0, 0.1) is 12.8 Å². The molecule has 1 unspecified atom stereocenters. The zero-order valence-corrected chi connectivity index (χ0v) is 19.2. The van der Waals surface area contributed by atoms with Gasteiger partial charge in [0.25, 0.3) is 0 Å². The standard InChI is InChI=1S/C26H30O3.C2H6/c1-15-11-20(16-3-2-4-16)13-24(28)26(15)25(29)14-21(17-5-6-17)19-9-10-23(27)22(12-19)18-7-8-18;1-2/h9-13,16-18,21,27-28H,2-8,14H2,1H3;1-2H3. The van der Waals surface area contributed by atoms with E-state index in [1.165, 1.54) is 30.4 Å². The van der Waals surface area contributed by atoms with Crippen LogP contribution in [0.3, 0.4) is 0 Å². The fourth-order valence-electron chi connectivity index (χ4n) is 5.02. The lowest BCUT2D eigenvalue weighted by molar-refractivity contribution is 0.0967. The van der Waals surface area contributed by atoms with Crippen molar-refractivity contribution in [1.82, 2.24) is 0 Å². The van der Waals surface area contributed by atoms with Crippen molar-refractivity contribution in [2.24, 2.45) is 5.92 Å². The van der Waals surface area contributed by atoms with E-state index in [1.807, 2.05) is 32.9 Å². The summed E-state index contributed by atoms with van der Waals surface area (Å²) in [6.07, 6.45) is 8.64. The van der Waals surface area contributed by atoms with Gasteiger partial charge in [0.05, 0.1) is 5.56 Å². The monoisotopic (exact) mass is 420 g/mol. The van der Waals surface area contributed by atoms with Gasteiger partial charge in [0.15, 0.2) is 5.78 Å². The highest BCUT2D eigenvalue weighted by Gasteiger charge is 2.36. The summed E-state index contributed by atoms with van der Waals surface area (Å²) in [6, 6.07) is 9.86. The number of benzene rings is 2. The molecule has 3 heteroatoms. The molecule has 2 aromatic rings. The van der Waals surface area contributed by atoms with E-state index in [0.717, 1.165) is 36.8 Å². The van der Waals surface area contributed by atoms with Gasteiger partial charge in [0.1, 0.15) is 11.5 Å². The van der Waals surface area contributed by atoms with Gasteiger partial charge in [0.2, 0.25) is 0 Å². The lowest BCUT2D eigenvalue weighted by Crippen LogP contribution is -2.13. The number of phenols is 2. The van der Waals surface area contributed by atoms with E-state index in [4.69, 9.17) is 0 Å². The Morgan fingerprint density at radius 2 is 1.65 bits per heavy atom. The Morgan fingerprint density at radius 3 is 2.19 bits per heavy atom. The minimum Gasteiger partial charge on any atom is -0.508 e. The number of rotatable bonds is 7. The number of aryl methyl sites for hydroxylation is 1. The first-order valence-electron chi connectivity index (χ1n) is 12.2. The molecular formula is C28H36O3. The Kier molecular flexibility index (Phi) is 6.41. The Hall–Kier alpha value is -2.29. The molecule has 3 aliphatic carbocycles. The summed E-state index contributed by atoms with van der Waals surface area (Å²) >= 11 is 0. The summed E-state index contributed by atoms with van der Waals surface area (Å²) in [4.78, 5) is 13.3. The van der Waals surface area contributed by atoms with Gasteiger partial charge in [-0.05, 0) is 104 Å². The molecular weight excluding hydrogens is 384 g/mol. The molecule has 1 atom stereocenters. The average molecular weight is 421 g/mol. The third kappa shape index (κ3) is 4.66. The van der Waals surface area contributed by atoms with Crippen molar-refractivity contribution in [3.05, 3.63) is 58.1 Å². The van der Waals surface area contributed by atoms with Gasteiger partial charge in [-0.3, -0.25) is 4.79 Å². The van der Waals surface area contributed by atoms with E-state index in [-0.39, 0.29) is 17.5 Å². The summed E-state index contributed by atoms with van der Waals surface area (Å²) in [5.41, 5.74) is 4.79. The lowest BCUT2D eigenvalue weighted by Gasteiger charge is -2.27. The number of Topliss-reactive ketones (excluding diaryl/α,β-unsaturated/α-hetero) is 1. The maximum atomic E-state index is 13.3. The molecule has 0 amide bonds. The van der Waals surface area contributed by atoms with E-state index in [0.29, 0.717) is 35.5 Å². The van der Waals surface area contributed by atoms with E-state index in [9.17, 15) is 15.0 Å². The van der Waals surface area contributed by atoms with E-state index < -0.39 is 0 Å². The highest BCUT2D eigenvalue weighted by atomic mass is 16.3. The second kappa shape index (κ2) is 9.06. The second-order valence-corrected chi connectivity index (χ2v) is 9.52. The van der Waals surface area contributed by atoms with Crippen molar-refractivity contribution in [1.29, 1.82) is 0 Å². The first-order chi connectivity index (χ1) is 15.0. The van der Waals surface area contributed by atoms with Crippen LogP contribution < -0.4 is 0 Å². The molecule has 3 aliphatic rings. The van der Waals surface area contributed by atoms with Crippen LogP contribution in [0.4, 0.5) is 0 Å². The molecule has 3 fully saturated rings. The molecule has 0 heterocycles. The second-order valence-electron chi connectivity index (χ2n) is 9.52. The van der Waals surface area contributed by atoms with Crippen molar-refractivity contribution in [3.8, 4) is 11.5 Å². The molecule has 5 rings (SSSR count). The number of hydrogen-bond acceptors (Lipinski definition) is 3. The van der Waals surface area contributed by atoms with Crippen molar-refractivity contribution in [3.63, 3.8) is 0 Å². The number of carbonyl (C=O) groups excluding carboxylic acids is 1. The van der Waals surface area contributed by atoms with Crippen molar-refractivity contribution in [2.45, 2.75) is 89.9 Å². The fraction of sp³-hybridized carbons (Fsp3) is 0.536. The predicted octanol–water partition coefficient (Wildman–Crippen LogP) is 7.34. The number of ketones is 1. The average Bonchev–Trinajstić information content (AvgIpc) is 3.60. The molecule has 2 N–H and O–H groups in total. The van der Waals surface area contributed by atoms with Gasteiger partial charge in [-0.15, -0.1) is 0 Å². The third-order valence-corrected chi connectivity index (χ3v) is 7.29. The summed E-state index contributed by atoms with van der Waals surface area (Å²) in [5.74, 6) is 2.31. The Labute approximate surface area is 186 Å². The highest BCUT2D eigenvalue weighted by molar-refractivity contribution is 6.00. The molecule has 0 radical (unpaired) electrons. The molecule has 0 aliphatic heterocycles. The van der Waals surface area contributed by atoms with Gasteiger partial charge in [0, 0.05) is 6.42 Å². The zero-order chi connectivity index (χ0) is 22.1. The normalized spacial score (nSPS) is 19.2. The van der Waals surface area contributed by atoms with Crippen molar-refractivity contribution >= 4 is 5.78 Å². The quantitative estimate of drug-likeness (QED) is 0.461. The molecule has 0 spiro atoms. The fourth-order valence-corrected chi connectivity index (χ4v) is 5.02. The maximum absolute atomic E-state index is 13.3.